The molecule has 2 aromatic rings. The van der Waals surface area contributed by atoms with Crippen molar-refractivity contribution in [1.82, 2.24) is 19.4 Å². The molecule has 0 radical (unpaired) electrons. The number of carbonyl (C=O) groups is 1. The molecule has 0 aliphatic carbocycles. The molecule has 1 fully saturated rings. The molecule has 1 aliphatic rings. The molecular formula is C19H26N4O2. The van der Waals surface area contributed by atoms with E-state index in [1.165, 1.54) is 5.69 Å². The first-order chi connectivity index (χ1) is 12.2. The van der Waals surface area contributed by atoms with Crippen molar-refractivity contribution < 1.29 is 9.53 Å². The van der Waals surface area contributed by atoms with Crippen LogP contribution in [0.5, 0.6) is 5.75 Å². The first-order valence-corrected chi connectivity index (χ1v) is 8.85. The molecule has 6 nitrogen and oxygen atoms in total. The minimum atomic E-state index is 0.179. The summed E-state index contributed by atoms with van der Waals surface area (Å²) in [5.41, 5.74) is 1.20. The van der Waals surface area contributed by atoms with Crippen molar-refractivity contribution in [2.75, 3.05) is 32.8 Å². The predicted molar refractivity (Wildman–Crippen MR) is 96.2 cm³/mol. The number of amides is 1. The van der Waals surface area contributed by atoms with Crippen molar-refractivity contribution in [2.24, 2.45) is 7.05 Å². The zero-order valence-corrected chi connectivity index (χ0v) is 14.8. The van der Waals surface area contributed by atoms with E-state index in [1.807, 2.05) is 54.8 Å². The van der Waals surface area contributed by atoms with Gasteiger partial charge in [0.2, 0.25) is 5.91 Å². The molecule has 25 heavy (non-hydrogen) atoms. The van der Waals surface area contributed by atoms with Crippen LogP contribution in [0.15, 0.2) is 42.9 Å². The lowest BCUT2D eigenvalue weighted by Gasteiger charge is -2.22. The van der Waals surface area contributed by atoms with Crippen LogP contribution in [0, 0.1) is 0 Å². The van der Waals surface area contributed by atoms with Gasteiger partial charge in [-0.2, -0.15) is 0 Å². The van der Waals surface area contributed by atoms with Gasteiger partial charge in [-0.15, -0.1) is 0 Å². The lowest BCUT2D eigenvalue weighted by molar-refractivity contribution is -0.131. The fourth-order valence-corrected chi connectivity index (χ4v) is 3.08. The average Bonchev–Trinajstić information content (AvgIpc) is 2.89. The highest BCUT2D eigenvalue weighted by atomic mass is 16.5. The maximum absolute atomic E-state index is 12.4. The number of aryl methyl sites for hydroxylation is 1. The van der Waals surface area contributed by atoms with Crippen LogP contribution in [-0.4, -0.2) is 58.0 Å². The number of ether oxygens (including phenoxy) is 1. The fraction of sp³-hybridized carbons (Fsp3) is 0.474. The Bertz CT molecular complexity index is 671. The first-order valence-electron chi connectivity index (χ1n) is 8.85. The molecule has 2 heterocycles. The van der Waals surface area contributed by atoms with Gasteiger partial charge in [-0.25, -0.2) is 4.98 Å². The maximum Gasteiger partial charge on any atom is 0.226 e. The van der Waals surface area contributed by atoms with Gasteiger partial charge in [-0.3, -0.25) is 9.69 Å². The largest absolute Gasteiger partial charge is 0.493 e. The van der Waals surface area contributed by atoms with E-state index in [2.05, 4.69) is 14.5 Å². The Kier molecular flexibility index (Phi) is 6.06. The van der Waals surface area contributed by atoms with Crippen LogP contribution in [0.25, 0.3) is 0 Å². The number of benzene rings is 1. The van der Waals surface area contributed by atoms with Crippen molar-refractivity contribution in [3.63, 3.8) is 0 Å². The van der Waals surface area contributed by atoms with Crippen LogP contribution < -0.4 is 4.74 Å². The van der Waals surface area contributed by atoms with Crippen LogP contribution >= 0.6 is 0 Å². The van der Waals surface area contributed by atoms with Gasteiger partial charge in [0.15, 0.2) is 0 Å². The van der Waals surface area contributed by atoms with Crippen molar-refractivity contribution in [2.45, 2.75) is 19.4 Å². The van der Waals surface area contributed by atoms with Gasteiger partial charge < -0.3 is 14.2 Å². The zero-order chi connectivity index (χ0) is 17.5. The molecule has 1 amide bonds. The van der Waals surface area contributed by atoms with Gasteiger partial charge in [0.25, 0.3) is 0 Å². The molecule has 1 aliphatic heterocycles. The van der Waals surface area contributed by atoms with Crippen LogP contribution in [0.1, 0.15) is 18.5 Å². The number of rotatable bonds is 6. The summed E-state index contributed by atoms with van der Waals surface area (Å²) in [5, 5.41) is 0. The van der Waals surface area contributed by atoms with Gasteiger partial charge in [0, 0.05) is 46.0 Å². The third kappa shape index (κ3) is 5.06. The van der Waals surface area contributed by atoms with E-state index in [0.717, 1.165) is 44.9 Å². The third-order valence-electron chi connectivity index (χ3n) is 4.57. The topological polar surface area (TPSA) is 50.6 Å². The summed E-state index contributed by atoms with van der Waals surface area (Å²) >= 11 is 0. The van der Waals surface area contributed by atoms with E-state index in [-0.39, 0.29) is 5.91 Å². The van der Waals surface area contributed by atoms with E-state index >= 15 is 0 Å². The van der Waals surface area contributed by atoms with Gasteiger partial charge in [0.1, 0.15) is 5.75 Å². The third-order valence-corrected chi connectivity index (χ3v) is 4.57. The molecular weight excluding hydrogens is 316 g/mol. The molecule has 0 unspecified atom stereocenters. The highest BCUT2D eigenvalue weighted by Crippen LogP contribution is 2.11. The molecule has 0 N–H and O–H groups in total. The standard InChI is InChI=1S/C19H26N4O2/c1-21-16-20-14-17(21)15-22-9-5-10-23(12-11-22)19(24)8-13-25-18-6-3-2-4-7-18/h2-4,6-7,14,16H,5,8-13,15H2,1H3. The summed E-state index contributed by atoms with van der Waals surface area (Å²) in [4.78, 5) is 21.0. The van der Waals surface area contributed by atoms with Crippen molar-refractivity contribution in [3.8, 4) is 5.75 Å². The van der Waals surface area contributed by atoms with Crippen molar-refractivity contribution in [3.05, 3.63) is 48.5 Å². The summed E-state index contributed by atoms with van der Waals surface area (Å²) in [6.45, 7) is 4.83. The molecule has 0 saturated carbocycles. The number of hydrogen-bond acceptors (Lipinski definition) is 4. The molecule has 0 atom stereocenters. The van der Waals surface area contributed by atoms with E-state index in [4.69, 9.17) is 4.74 Å². The Morgan fingerprint density at radius 2 is 2.00 bits per heavy atom. The number of para-hydroxylation sites is 1. The summed E-state index contributed by atoms with van der Waals surface area (Å²) < 4.78 is 7.69. The monoisotopic (exact) mass is 342 g/mol. The Morgan fingerprint density at radius 1 is 1.16 bits per heavy atom. The molecule has 1 aromatic carbocycles. The second-order valence-electron chi connectivity index (χ2n) is 6.42. The SMILES string of the molecule is Cn1cncc1CN1CCCN(C(=O)CCOc2ccccc2)CC1. The average molecular weight is 342 g/mol. The smallest absolute Gasteiger partial charge is 0.226 e. The molecule has 6 heteroatoms. The minimum absolute atomic E-state index is 0.179. The molecule has 3 rings (SSSR count). The molecule has 134 valence electrons. The van der Waals surface area contributed by atoms with E-state index in [0.29, 0.717) is 13.0 Å². The number of imidazole rings is 1. The van der Waals surface area contributed by atoms with Crippen LogP contribution in [0.3, 0.4) is 0 Å². The van der Waals surface area contributed by atoms with Gasteiger partial charge in [-0.05, 0) is 18.6 Å². The summed E-state index contributed by atoms with van der Waals surface area (Å²) in [6.07, 6.45) is 5.17. The highest BCUT2D eigenvalue weighted by Gasteiger charge is 2.19. The first kappa shape index (κ1) is 17.5. The molecule has 0 spiro atoms. The second-order valence-corrected chi connectivity index (χ2v) is 6.42. The van der Waals surface area contributed by atoms with Crippen LogP contribution in [0.2, 0.25) is 0 Å². The van der Waals surface area contributed by atoms with E-state index in [1.54, 1.807) is 0 Å². The Hall–Kier alpha value is -2.34. The van der Waals surface area contributed by atoms with E-state index < -0.39 is 0 Å². The molecule has 1 saturated heterocycles. The zero-order valence-electron chi connectivity index (χ0n) is 14.8. The normalized spacial score (nSPS) is 15.8. The van der Waals surface area contributed by atoms with Gasteiger partial charge in [0.05, 0.1) is 25.0 Å². The second kappa shape index (κ2) is 8.67. The van der Waals surface area contributed by atoms with Crippen molar-refractivity contribution >= 4 is 5.91 Å². The number of carbonyl (C=O) groups excluding carboxylic acids is 1. The Morgan fingerprint density at radius 3 is 2.76 bits per heavy atom. The molecule has 0 bridgehead atoms. The Balaban J connectivity index is 1.42. The number of aromatic nitrogens is 2. The fourth-order valence-electron chi connectivity index (χ4n) is 3.08. The highest BCUT2D eigenvalue weighted by molar-refractivity contribution is 5.76. The quantitative estimate of drug-likeness (QED) is 0.805. The number of hydrogen-bond donors (Lipinski definition) is 0. The minimum Gasteiger partial charge on any atom is -0.493 e. The van der Waals surface area contributed by atoms with Gasteiger partial charge >= 0.3 is 0 Å². The van der Waals surface area contributed by atoms with Crippen molar-refractivity contribution in [1.29, 1.82) is 0 Å². The predicted octanol–water partition coefficient (Wildman–Crippen LogP) is 1.92. The van der Waals surface area contributed by atoms with E-state index in [9.17, 15) is 4.79 Å². The number of nitrogens with zero attached hydrogens (tertiary/aromatic N) is 4. The lowest BCUT2D eigenvalue weighted by atomic mass is 10.3. The summed E-state index contributed by atoms with van der Waals surface area (Å²) in [6, 6.07) is 9.64. The van der Waals surface area contributed by atoms with Gasteiger partial charge in [-0.1, -0.05) is 18.2 Å². The lowest BCUT2D eigenvalue weighted by Crippen LogP contribution is -2.35. The maximum atomic E-state index is 12.4. The van der Waals surface area contributed by atoms with Crippen LogP contribution in [0.4, 0.5) is 0 Å². The summed E-state index contributed by atoms with van der Waals surface area (Å²) in [5.74, 6) is 0.992. The molecule has 1 aromatic heterocycles. The Labute approximate surface area is 149 Å². The van der Waals surface area contributed by atoms with Crippen LogP contribution in [-0.2, 0) is 18.4 Å². The summed E-state index contributed by atoms with van der Waals surface area (Å²) in [7, 11) is 2.02.